The van der Waals surface area contributed by atoms with E-state index < -0.39 is 6.09 Å². The van der Waals surface area contributed by atoms with Gasteiger partial charge < -0.3 is 15.0 Å². The van der Waals surface area contributed by atoms with Crippen LogP contribution in [0.4, 0.5) is 4.79 Å². The Morgan fingerprint density at radius 1 is 1.33 bits per heavy atom. The van der Waals surface area contributed by atoms with Crippen molar-refractivity contribution >= 4 is 17.6 Å². The maximum absolute atomic E-state index is 12.2. The molecule has 2 aliphatic heterocycles. The Balaban J connectivity index is 1.52. The van der Waals surface area contributed by atoms with E-state index in [1.807, 2.05) is 54.6 Å². The van der Waals surface area contributed by atoms with Crippen LogP contribution in [0.2, 0.25) is 0 Å². The molecule has 0 fully saturated rings. The summed E-state index contributed by atoms with van der Waals surface area (Å²) in [6, 6.07) is 9.45. The van der Waals surface area contributed by atoms with E-state index in [-0.39, 0.29) is 25.4 Å². The van der Waals surface area contributed by atoms with Crippen LogP contribution in [0.15, 0.2) is 58.9 Å². The molecule has 1 aromatic carbocycles. The van der Waals surface area contributed by atoms with E-state index >= 15 is 0 Å². The van der Waals surface area contributed by atoms with Crippen LogP contribution in [-0.4, -0.2) is 42.6 Å². The molecule has 0 saturated carbocycles. The zero-order chi connectivity index (χ0) is 16.9. The van der Waals surface area contributed by atoms with Gasteiger partial charge in [-0.1, -0.05) is 30.3 Å². The molecule has 0 atom stereocenters. The van der Waals surface area contributed by atoms with Crippen LogP contribution in [-0.2, 0) is 16.1 Å². The first-order valence-corrected chi connectivity index (χ1v) is 7.77. The van der Waals surface area contributed by atoms with Crippen molar-refractivity contribution in [2.75, 3.05) is 20.1 Å². The lowest BCUT2D eigenvalue weighted by Gasteiger charge is -2.24. The second kappa shape index (κ2) is 7.12. The number of alkyl carbamates (subject to hydrolysis) is 1. The van der Waals surface area contributed by atoms with Crippen LogP contribution in [0.1, 0.15) is 12.0 Å². The maximum atomic E-state index is 12.2. The van der Waals surface area contributed by atoms with E-state index in [1.54, 1.807) is 0 Å². The van der Waals surface area contributed by atoms with Crippen molar-refractivity contribution in [2.24, 2.45) is 4.99 Å². The smallest absolute Gasteiger partial charge is 0.407 e. The summed E-state index contributed by atoms with van der Waals surface area (Å²) in [5, 5.41) is 2.65. The SMILES string of the molecule is CN1C=CC2=C(C1)C(=O)CC(CNC(=O)OCc1ccccc1)=N2. The summed E-state index contributed by atoms with van der Waals surface area (Å²) in [4.78, 5) is 30.4. The van der Waals surface area contributed by atoms with Gasteiger partial charge in [0.1, 0.15) is 6.61 Å². The van der Waals surface area contributed by atoms with Gasteiger partial charge in [-0.25, -0.2) is 4.79 Å². The van der Waals surface area contributed by atoms with Gasteiger partial charge in [-0.05, 0) is 11.6 Å². The van der Waals surface area contributed by atoms with Crippen molar-refractivity contribution < 1.29 is 14.3 Å². The third-order valence-electron chi connectivity index (χ3n) is 3.83. The Morgan fingerprint density at radius 3 is 2.92 bits per heavy atom. The summed E-state index contributed by atoms with van der Waals surface area (Å²) in [6.45, 7) is 0.996. The summed E-state index contributed by atoms with van der Waals surface area (Å²) in [5.74, 6) is 0.0608. The molecule has 0 aliphatic carbocycles. The highest BCUT2D eigenvalue weighted by molar-refractivity contribution is 6.13. The molecular formula is C18H19N3O3. The molecule has 1 N–H and O–H groups in total. The minimum Gasteiger partial charge on any atom is -0.445 e. The number of carbonyl (C=O) groups excluding carboxylic acids is 2. The van der Waals surface area contributed by atoms with Crippen molar-refractivity contribution in [1.82, 2.24) is 10.2 Å². The lowest BCUT2D eigenvalue weighted by molar-refractivity contribution is -0.114. The van der Waals surface area contributed by atoms with Gasteiger partial charge in [0.25, 0.3) is 0 Å². The molecule has 3 rings (SSSR count). The molecule has 0 saturated heterocycles. The van der Waals surface area contributed by atoms with Gasteiger partial charge in [-0.3, -0.25) is 9.79 Å². The fourth-order valence-corrected chi connectivity index (χ4v) is 2.57. The predicted octanol–water partition coefficient (Wildman–Crippen LogP) is 2.04. The molecule has 1 aromatic rings. The van der Waals surface area contributed by atoms with E-state index in [4.69, 9.17) is 4.74 Å². The molecule has 0 radical (unpaired) electrons. The summed E-state index contributed by atoms with van der Waals surface area (Å²) in [6.07, 6.45) is 3.43. The van der Waals surface area contributed by atoms with Crippen molar-refractivity contribution in [2.45, 2.75) is 13.0 Å². The Bertz CT molecular complexity index is 735. The number of hydrogen-bond donors (Lipinski definition) is 1. The van der Waals surface area contributed by atoms with Gasteiger partial charge >= 0.3 is 6.09 Å². The van der Waals surface area contributed by atoms with E-state index in [0.29, 0.717) is 18.0 Å². The first-order valence-electron chi connectivity index (χ1n) is 7.77. The Hall–Kier alpha value is -2.89. The highest BCUT2D eigenvalue weighted by atomic mass is 16.5. The average molecular weight is 325 g/mol. The Kier molecular flexibility index (Phi) is 4.74. The molecule has 2 aliphatic rings. The van der Waals surface area contributed by atoms with Gasteiger partial charge in [0.2, 0.25) is 0 Å². The largest absolute Gasteiger partial charge is 0.445 e. The number of aliphatic imine (C=N–C) groups is 1. The van der Waals surface area contributed by atoms with E-state index in [2.05, 4.69) is 10.3 Å². The van der Waals surface area contributed by atoms with Crippen molar-refractivity contribution in [3.63, 3.8) is 0 Å². The van der Waals surface area contributed by atoms with Crippen LogP contribution in [0.3, 0.4) is 0 Å². The number of ether oxygens (including phenoxy) is 1. The number of ketones is 1. The van der Waals surface area contributed by atoms with Crippen molar-refractivity contribution in [3.8, 4) is 0 Å². The first-order chi connectivity index (χ1) is 11.6. The molecule has 124 valence electrons. The predicted molar refractivity (Wildman–Crippen MR) is 90.5 cm³/mol. The topological polar surface area (TPSA) is 71.0 Å². The monoisotopic (exact) mass is 325 g/mol. The molecular weight excluding hydrogens is 306 g/mol. The summed E-state index contributed by atoms with van der Waals surface area (Å²) < 4.78 is 5.14. The second-order valence-corrected chi connectivity index (χ2v) is 5.79. The molecule has 6 nitrogen and oxygen atoms in total. The third-order valence-corrected chi connectivity index (χ3v) is 3.83. The number of hydrogen-bond acceptors (Lipinski definition) is 5. The number of Topliss-reactive ketones (excluding diaryl/α,β-unsaturated/α-hetero) is 1. The summed E-state index contributed by atoms with van der Waals surface area (Å²) in [5.41, 5.74) is 2.99. The van der Waals surface area contributed by atoms with Crippen LogP contribution in [0, 0.1) is 0 Å². The zero-order valence-corrected chi connectivity index (χ0v) is 13.5. The molecule has 1 amide bonds. The maximum Gasteiger partial charge on any atom is 0.407 e. The molecule has 24 heavy (non-hydrogen) atoms. The first kappa shape index (κ1) is 16.0. The fraction of sp³-hybridized carbons (Fsp3) is 0.278. The van der Waals surface area contributed by atoms with Crippen molar-refractivity contribution in [3.05, 3.63) is 59.4 Å². The standard InChI is InChI=1S/C18H19N3O3/c1-21-8-7-16-15(11-21)17(22)9-14(20-16)10-19-18(23)24-12-13-5-3-2-4-6-13/h2-8H,9-12H2,1H3,(H,19,23). The number of allylic oxidation sites excluding steroid dienone is 1. The van der Waals surface area contributed by atoms with Gasteiger partial charge in [0.05, 0.1) is 18.7 Å². The van der Waals surface area contributed by atoms with Crippen LogP contribution >= 0.6 is 0 Å². The molecule has 0 bridgehead atoms. The van der Waals surface area contributed by atoms with Crippen molar-refractivity contribution in [1.29, 1.82) is 0 Å². The number of benzene rings is 1. The molecule has 0 spiro atoms. The average Bonchev–Trinajstić information content (AvgIpc) is 2.60. The highest BCUT2D eigenvalue weighted by Gasteiger charge is 2.24. The Labute approximate surface area is 140 Å². The summed E-state index contributed by atoms with van der Waals surface area (Å²) >= 11 is 0. The van der Waals surface area contributed by atoms with Crippen LogP contribution < -0.4 is 5.32 Å². The van der Waals surface area contributed by atoms with Gasteiger partial charge in [0.15, 0.2) is 5.78 Å². The van der Waals surface area contributed by atoms with E-state index in [9.17, 15) is 9.59 Å². The normalized spacial score (nSPS) is 16.6. The lowest BCUT2D eigenvalue weighted by atomic mass is 9.98. The minimum atomic E-state index is -0.521. The molecule has 6 heteroatoms. The fourth-order valence-electron chi connectivity index (χ4n) is 2.57. The van der Waals surface area contributed by atoms with Gasteiger partial charge in [0, 0.05) is 31.1 Å². The number of nitrogens with one attached hydrogen (secondary N) is 1. The molecule has 0 unspecified atom stereocenters. The van der Waals surface area contributed by atoms with Gasteiger partial charge in [-0.2, -0.15) is 0 Å². The molecule has 0 aromatic heterocycles. The number of nitrogens with zero attached hydrogens (tertiary/aromatic N) is 2. The Morgan fingerprint density at radius 2 is 2.12 bits per heavy atom. The number of amides is 1. The number of carbonyl (C=O) groups is 2. The van der Waals surface area contributed by atoms with Gasteiger partial charge in [-0.15, -0.1) is 0 Å². The van der Waals surface area contributed by atoms with E-state index in [1.165, 1.54) is 0 Å². The van der Waals surface area contributed by atoms with E-state index in [0.717, 1.165) is 11.1 Å². The number of rotatable bonds is 4. The minimum absolute atomic E-state index is 0.0608. The highest BCUT2D eigenvalue weighted by Crippen LogP contribution is 2.22. The van der Waals surface area contributed by atoms with Crippen LogP contribution in [0.5, 0.6) is 0 Å². The van der Waals surface area contributed by atoms with Crippen LogP contribution in [0.25, 0.3) is 0 Å². The quantitative estimate of drug-likeness (QED) is 0.919. The zero-order valence-electron chi connectivity index (χ0n) is 13.5. The third kappa shape index (κ3) is 3.90. The summed E-state index contributed by atoms with van der Waals surface area (Å²) in [7, 11) is 1.91. The molecule has 2 heterocycles. The lowest BCUT2D eigenvalue weighted by Crippen LogP contribution is -2.34. The number of likely N-dealkylation sites (N-methyl/N-ethyl adjacent to an activating group) is 1. The second-order valence-electron chi connectivity index (χ2n) is 5.79.